The van der Waals surface area contributed by atoms with Gasteiger partial charge >= 0.3 is 0 Å². The Labute approximate surface area is 358 Å². The number of halogens is 5. The van der Waals surface area contributed by atoms with Gasteiger partial charge in [0.25, 0.3) is 0 Å². The van der Waals surface area contributed by atoms with Gasteiger partial charge in [-0.1, -0.05) is 95.5 Å². The monoisotopic (exact) mass is 894 g/mol. The summed E-state index contributed by atoms with van der Waals surface area (Å²) in [7, 11) is -7.33. The van der Waals surface area contributed by atoms with Gasteiger partial charge in [-0.05, 0) is 108 Å². The maximum Gasteiger partial charge on any atom is 0.240 e. The minimum absolute atomic E-state index is 0.0576. The molecular formula is C44H39Cl3F2N4O4S2. The summed E-state index contributed by atoms with van der Waals surface area (Å²) in [6.45, 7) is 1.57. The predicted octanol–water partition coefficient (Wildman–Crippen LogP) is 9.43. The molecule has 2 N–H and O–H groups in total. The van der Waals surface area contributed by atoms with Gasteiger partial charge in [-0.15, -0.1) is 0 Å². The first-order chi connectivity index (χ1) is 28.2. The second-order valence-electron chi connectivity index (χ2n) is 14.3. The van der Waals surface area contributed by atoms with Crippen LogP contribution in [0.3, 0.4) is 0 Å². The van der Waals surface area contributed by atoms with Crippen molar-refractivity contribution in [2.75, 3.05) is 22.9 Å². The molecule has 6 aromatic rings. The Balaban J connectivity index is 0.000000179. The normalized spacial score (nSPS) is 16.4. The van der Waals surface area contributed by atoms with Crippen molar-refractivity contribution in [3.8, 4) is 0 Å². The summed E-state index contributed by atoms with van der Waals surface area (Å²) in [4.78, 5) is 4.44. The first-order valence-corrected chi connectivity index (χ1v) is 22.7. The topological polar surface area (TPSA) is 98.8 Å². The zero-order valence-corrected chi connectivity index (χ0v) is 35.3. The number of anilines is 2. The maximum atomic E-state index is 14.5. The third kappa shape index (κ3) is 10.6. The van der Waals surface area contributed by atoms with Crippen molar-refractivity contribution in [2.24, 2.45) is 0 Å². The van der Waals surface area contributed by atoms with Gasteiger partial charge in [-0.25, -0.2) is 35.1 Å². The zero-order chi connectivity index (χ0) is 41.7. The Kier molecular flexibility index (Phi) is 13.3. The lowest BCUT2D eigenvalue weighted by molar-refractivity contribution is 0.520. The Bertz CT molecular complexity index is 2660. The van der Waals surface area contributed by atoms with Gasteiger partial charge < -0.3 is 9.80 Å². The number of hydrogen-bond acceptors (Lipinski definition) is 6. The van der Waals surface area contributed by atoms with Gasteiger partial charge in [0.2, 0.25) is 20.0 Å². The minimum Gasteiger partial charge on any atom is -0.365 e. The average Bonchev–Trinajstić information content (AvgIpc) is 3.20. The molecule has 0 aliphatic carbocycles. The molecule has 0 radical (unpaired) electrons. The van der Waals surface area contributed by atoms with Crippen LogP contribution in [0.4, 0.5) is 20.2 Å². The van der Waals surface area contributed by atoms with E-state index in [1.807, 2.05) is 41.3 Å². The van der Waals surface area contributed by atoms with E-state index in [0.717, 1.165) is 28.1 Å². The summed E-state index contributed by atoms with van der Waals surface area (Å²) in [6, 6.07) is 38.2. The average molecular weight is 896 g/mol. The van der Waals surface area contributed by atoms with E-state index >= 15 is 0 Å². The lowest BCUT2D eigenvalue weighted by Crippen LogP contribution is -2.48. The van der Waals surface area contributed by atoms with E-state index in [1.54, 1.807) is 84.9 Å². The van der Waals surface area contributed by atoms with Crippen LogP contribution in [0, 0.1) is 11.6 Å². The number of rotatable bonds is 10. The molecule has 8 nitrogen and oxygen atoms in total. The van der Waals surface area contributed by atoms with Crippen molar-refractivity contribution in [1.29, 1.82) is 0 Å². The summed E-state index contributed by atoms with van der Waals surface area (Å²) in [5.41, 5.74) is 4.99. The number of hydrogen-bond donors (Lipinski definition) is 2. The summed E-state index contributed by atoms with van der Waals surface area (Å²) in [6.07, 6.45) is 1.01. The Hall–Kier alpha value is -4.53. The van der Waals surface area contributed by atoms with Crippen LogP contribution in [0.15, 0.2) is 149 Å². The van der Waals surface area contributed by atoms with E-state index in [0.29, 0.717) is 48.1 Å². The minimum atomic E-state index is -3.69. The van der Waals surface area contributed by atoms with Crippen molar-refractivity contribution in [3.05, 3.63) is 188 Å². The quantitative estimate of drug-likeness (QED) is 0.142. The van der Waals surface area contributed by atoms with Gasteiger partial charge in [-0.2, -0.15) is 0 Å². The lowest BCUT2D eigenvalue weighted by Gasteiger charge is -2.36. The van der Waals surface area contributed by atoms with E-state index in [2.05, 4.69) is 14.3 Å². The van der Waals surface area contributed by atoms with Crippen LogP contribution >= 0.6 is 34.8 Å². The van der Waals surface area contributed by atoms with Gasteiger partial charge in [0, 0.05) is 65.2 Å². The highest BCUT2D eigenvalue weighted by atomic mass is 35.5. The molecular weight excluding hydrogens is 857 g/mol. The summed E-state index contributed by atoms with van der Waals surface area (Å²) >= 11 is 18.3. The van der Waals surface area contributed by atoms with Gasteiger partial charge in [0.1, 0.15) is 11.6 Å². The van der Waals surface area contributed by atoms with E-state index in [4.69, 9.17) is 34.8 Å². The highest BCUT2D eigenvalue weighted by Crippen LogP contribution is 2.34. The van der Waals surface area contributed by atoms with Crippen molar-refractivity contribution in [2.45, 2.75) is 47.8 Å². The van der Waals surface area contributed by atoms with Gasteiger partial charge in [-0.3, -0.25) is 0 Å². The summed E-state index contributed by atoms with van der Waals surface area (Å²) in [5.74, 6) is -0.765. The Morgan fingerprint density at radius 1 is 0.559 bits per heavy atom. The number of sulfonamides is 2. The SMILES string of the molecule is O=S(=O)(NC1Cc2cc(Cl)ccc2N(Cc2cccc(Cl)c2F)C1)c1ccccc1.O=S(=O)(NC1Cc2cc(Cl)ccc2N(Cc2cccc(F)c2)C1)c1ccccc1. The molecule has 15 heteroatoms. The number of nitrogens with zero attached hydrogens (tertiary/aromatic N) is 2. The van der Waals surface area contributed by atoms with Crippen molar-refractivity contribution in [3.63, 3.8) is 0 Å². The molecule has 0 bridgehead atoms. The van der Waals surface area contributed by atoms with Crippen LogP contribution < -0.4 is 19.2 Å². The number of fused-ring (bicyclic) bond motifs is 2. The Morgan fingerprint density at radius 2 is 1.05 bits per heavy atom. The Morgan fingerprint density at radius 3 is 1.56 bits per heavy atom. The van der Waals surface area contributed by atoms with Crippen LogP contribution in [0.1, 0.15) is 22.3 Å². The molecule has 2 heterocycles. The summed E-state index contributed by atoms with van der Waals surface area (Å²) in [5, 5.41) is 1.22. The zero-order valence-electron chi connectivity index (χ0n) is 31.4. The van der Waals surface area contributed by atoms with Crippen LogP contribution in [0.2, 0.25) is 15.1 Å². The maximum absolute atomic E-state index is 14.5. The van der Waals surface area contributed by atoms with Gasteiger partial charge in [0.15, 0.2) is 0 Å². The summed E-state index contributed by atoms with van der Waals surface area (Å²) < 4.78 is 84.9. The van der Waals surface area contributed by atoms with E-state index in [-0.39, 0.29) is 33.2 Å². The first-order valence-electron chi connectivity index (χ1n) is 18.6. The molecule has 0 aromatic heterocycles. The van der Waals surface area contributed by atoms with Crippen LogP contribution in [-0.2, 0) is 46.0 Å². The van der Waals surface area contributed by atoms with Gasteiger partial charge in [0.05, 0.1) is 14.8 Å². The van der Waals surface area contributed by atoms with Crippen molar-refractivity contribution < 1.29 is 25.6 Å². The third-order valence-electron chi connectivity index (χ3n) is 9.98. The fourth-order valence-electron chi connectivity index (χ4n) is 7.40. The molecule has 6 aromatic carbocycles. The van der Waals surface area contributed by atoms with Crippen LogP contribution in [-0.4, -0.2) is 42.0 Å². The van der Waals surface area contributed by atoms with Crippen molar-refractivity contribution >= 4 is 66.2 Å². The van der Waals surface area contributed by atoms with Crippen LogP contribution in [0.25, 0.3) is 0 Å². The number of nitrogens with one attached hydrogen (secondary N) is 2. The molecule has 2 unspecified atom stereocenters. The van der Waals surface area contributed by atoms with E-state index < -0.39 is 31.9 Å². The smallest absolute Gasteiger partial charge is 0.240 e. The largest absolute Gasteiger partial charge is 0.365 e. The second kappa shape index (κ2) is 18.4. The standard InChI is InChI=1S/C22H19Cl2FN2O2S.C22H20ClFN2O2S/c23-17-9-10-21-16(11-17)12-18(26-30(28,29)19-6-2-1-3-7-19)14-27(21)13-15-5-4-8-20(24)22(15)25;23-18-9-10-22-17(12-18)13-20(25-29(27,28)21-7-2-1-3-8-21)15-26(22)14-16-5-4-6-19(24)11-16/h1-11,18,26H,12-14H2;1-12,20,25H,13-15H2. The van der Waals surface area contributed by atoms with Crippen LogP contribution in [0.5, 0.6) is 0 Å². The molecule has 306 valence electrons. The fourth-order valence-corrected chi connectivity index (χ4v) is 10.5. The van der Waals surface area contributed by atoms with E-state index in [1.165, 1.54) is 18.2 Å². The molecule has 2 aliphatic heterocycles. The predicted molar refractivity (Wildman–Crippen MR) is 231 cm³/mol. The lowest BCUT2D eigenvalue weighted by atomic mass is 9.98. The molecule has 59 heavy (non-hydrogen) atoms. The van der Waals surface area contributed by atoms with E-state index in [9.17, 15) is 25.6 Å². The molecule has 2 atom stereocenters. The second-order valence-corrected chi connectivity index (χ2v) is 19.0. The molecule has 0 spiro atoms. The molecule has 0 saturated heterocycles. The number of benzene rings is 6. The molecule has 0 saturated carbocycles. The third-order valence-corrected chi connectivity index (χ3v) is 13.8. The first kappa shape index (κ1) is 42.6. The molecule has 0 fully saturated rings. The highest BCUT2D eigenvalue weighted by molar-refractivity contribution is 7.89. The fraction of sp³-hybridized carbons (Fsp3) is 0.182. The molecule has 8 rings (SSSR count). The molecule has 2 aliphatic rings. The molecule has 0 amide bonds. The highest BCUT2D eigenvalue weighted by Gasteiger charge is 2.30. The van der Waals surface area contributed by atoms with Crippen molar-refractivity contribution in [1.82, 2.24) is 9.44 Å².